The minimum atomic E-state index is 0.576. The summed E-state index contributed by atoms with van der Waals surface area (Å²) < 4.78 is 5.64. The van der Waals surface area contributed by atoms with Gasteiger partial charge in [-0.2, -0.15) is 0 Å². The van der Waals surface area contributed by atoms with E-state index in [1.54, 1.807) is 0 Å². The molecule has 0 radical (unpaired) electrons. The first-order chi connectivity index (χ1) is 8.79. The third-order valence-electron chi connectivity index (χ3n) is 2.64. The Morgan fingerprint density at radius 2 is 2.00 bits per heavy atom. The van der Waals surface area contributed by atoms with Crippen molar-refractivity contribution in [1.82, 2.24) is 20.4 Å². The summed E-state index contributed by atoms with van der Waals surface area (Å²) in [6, 6.07) is 9.80. The molecule has 0 atom stereocenters. The van der Waals surface area contributed by atoms with Crippen LogP contribution in [-0.2, 0) is 6.54 Å². The van der Waals surface area contributed by atoms with Crippen LogP contribution in [0, 0.1) is 0 Å². The monoisotopic (exact) mass is 246 g/mol. The standard InChI is InChI=1S/C13H18N4O/c1-14-8-9-17(2)10-12-15-16-13(18-12)11-6-4-3-5-7-11/h3-7,14H,8-10H2,1-2H3. The minimum absolute atomic E-state index is 0.576. The van der Waals surface area contributed by atoms with Crippen molar-refractivity contribution in [2.45, 2.75) is 6.54 Å². The SMILES string of the molecule is CNCCN(C)Cc1nnc(-c2ccccc2)o1. The number of hydrogen-bond donors (Lipinski definition) is 1. The second kappa shape index (κ2) is 6.28. The van der Waals surface area contributed by atoms with Crippen LogP contribution in [0.2, 0.25) is 0 Å². The molecule has 0 aliphatic rings. The summed E-state index contributed by atoms with van der Waals surface area (Å²) in [6.07, 6.45) is 0. The minimum Gasteiger partial charge on any atom is -0.419 e. The first kappa shape index (κ1) is 12.7. The number of benzene rings is 1. The van der Waals surface area contributed by atoms with Gasteiger partial charge in [0.25, 0.3) is 0 Å². The third-order valence-corrected chi connectivity index (χ3v) is 2.64. The molecule has 2 rings (SSSR count). The zero-order chi connectivity index (χ0) is 12.8. The largest absolute Gasteiger partial charge is 0.419 e. The van der Waals surface area contributed by atoms with Crippen molar-refractivity contribution in [3.05, 3.63) is 36.2 Å². The molecule has 0 unspecified atom stereocenters. The zero-order valence-electron chi connectivity index (χ0n) is 10.8. The van der Waals surface area contributed by atoms with E-state index in [-0.39, 0.29) is 0 Å². The van der Waals surface area contributed by atoms with Crippen molar-refractivity contribution in [3.8, 4) is 11.5 Å². The fourth-order valence-electron chi connectivity index (χ4n) is 1.63. The maximum atomic E-state index is 5.64. The Bertz CT molecular complexity index is 469. The molecular formula is C13H18N4O. The number of nitrogens with zero attached hydrogens (tertiary/aromatic N) is 3. The molecule has 1 aromatic heterocycles. The van der Waals surface area contributed by atoms with E-state index in [0.717, 1.165) is 18.7 Å². The fraction of sp³-hybridized carbons (Fsp3) is 0.385. The normalized spacial score (nSPS) is 11.1. The highest BCUT2D eigenvalue weighted by atomic mass is 16.4. The fourth-order valence-corrected chi connectivity index (χ4v) is 1.63. The summed E-state index contributed by atoms with van der Waals surface area (Å²) in [6.45, 7) is 2.55. The van der Waals surface area contributed by atoms with Crippen LogP contribution >= 0.6 is 0 Å². The Morgan fingerprint density at radius 3 is 2.72 bits per heavy atom. The average molecular weight is 246 g/mol. The lowest BCUT2D eigenvalue weighted by molar-refractivity contribution is 0.291. The van der Waals surface area contributed by atoms with Gasteiger partial charge in [0.15, 0.2) is 0 Å². The molecule has 0 saturated carbocycles. The van der Waals surface area contributed by atoms with Gasteiger partial charge in [0, 0.05) is 18.7 Å². The van der Waals surface area contributed by atoms with Crippen molar-refractivity contribution in [3.63, 3.8) is 0 Å². The van der Waals surface area contributed by atoms with Crippen molar-refractivity contribution in [1.29, 1.82) is 0 Å². The van der Waals surface area contributed by atoms with Crippen LogP contribution in [0.15, 0.2) is 34.7 Å². The maximum absolute atomic E-state index is 5.64. The molecule has 0 fully saturated rings. The molecule has 96 valence electrons. The number of hydrogen-bond acceptors (Lipinski definition) is 5. The number of rotatable bonds is 6. The maximum Gasteiger partial charge on any atom is 0.247 e. The third kappa shape index (κ3) is 3.38. The topological polar surface area (TPSA) is 54.2 Å². The predicted molar refractivity (Wildman–Crippen MR) is 70.0 cm³/mol. The van der Waals surface area contributed by atoms with Gasteiger partial charge >= 0.3 is 0 Å². The van der Waals surface area contributed by atoms with E-state index in [2.05, 4.69) is 20.4 Å². The summed E-state index contributed by atoms with van der Waals surface area (Å²) in [5.74, 6) is 1.22. The van der Waals surface area contributed by atoms with E-state index in [0.29, 0.717) is 18.3 Å². The van der Waals surface area contributed by atoms with Gasteiger partial charge < -0.3 is 9.73 Å². The van der Waals surface area contributed by atoms with Crippen LogP contribution < -0.4 is 5.32 Å². The van der Waals surface area contributed by atoms with Crippen molar-refractivity contribution < 1.29 is 4.42 Å². The van der Waals surface area contributed by atoms with E-state index in [1.807, 2.05) is 44.4 Å². The molecule has 0 aliphatic carbocycles. The van der Waals surface area contributed by atoms with Crippen LogP contribution in [0.5, 0.6) is 0 Å². The predicted octanol–water partition coefficient (Wildman–Crippen LogP) is 1.39. The lowest BCUT2D eigenvalue weighted by Crippen LogP contribution is -2.27. The molecule has 5 nitrogen and oxygen atoms in total. The highest BCUT2D eigenvalue weighted by Crippen LogP contribution is 2.17. The second-order valence-corrected chi connectivity index (χ2v) is 4.21. The van der Waals surface area contributed by atoms with Crippen molar-refractivity contribution in [2.24, 2.45) is 0 Å². The van der Waals surface area contributed by atoms with Gasteiger partial charge in [0.05, 0.1) is 6.54 Å². The van der Waals surface area contributed by atoms with Gasteiger partial charge in [-0.1, -0.05) is 18.2 Å². The first-order valence-electron chi connectivity index (χ1n) is 6.00. The van der Waals surface area contributed by atoms with Gasteiger partial charge in [-0.05, 0) is 26.2 Å². The van der Waals surface area contributed by atoms with E-state index >= 15 is 0 Å². The molecular weight excluding hydrogens is 228 g/mol. The van der Waals surface area contributed by atoms with E-state index in [9.17, 15) is 0 Å². The number of aromatic nitrogens is 2. The van der Waals surface area contributed by atoms with Crippen LogP contribution in [-0.4, -0.2) is 42.3 Å². The highest BCUT2D eigenvalue weighted by Gasteiger charge is 2.09. The summed E-state index contributed by atoms with van der Waals surface area (Å²) in [5.41, 5.74) is 0.953. The molecule has 0 saturated heterocycles. The number of nitrogens with one attached hydrogen (secondary N) is 1. The zero-order valence-corrected chi connectivity index (χ0v) is 10.8. The Kier molecular flexibility index (Phi) is 4.44. The lowest BCUT2D eigenvalue weighted by atomic mass is 10.2. The quantitative estimate of drug-likeness (QED) is 0.834. The van der Waals surface area contributed by atoms with E-state index in [1.165, 1.54) is 0 Å². The first-order valence-corrected chi connectivity index (χ1v) is 6.00. The molecule has 1 heterocycles. The second-order valence-electron chi connectivity index (χ2n) is 4.21. The van der Waals surface area contributed by atoms with Gasteiger partial charge in [-0.15, -0.1) is 10.2 Å². The van der Waals surface area contributed by atoms with E-state index in [4.69, 9.17) is 4.42 Å². The van der Waals surface area contributed by atoms with Crippen LogP contribution in [0.1, 0.15) is 5.89 Å². The molecule has 0 spiro atoms. The molecule has 1 N–H and O–H groups in total. The Hall–Kier alpha value is -1.72. The molecule has 0 aliphatic heterocycles. The molecule has 1 aromatic carbocycles. The van der Waals surface area contributed by atoms with Crippen LogP contribution in [0.3, 0.4) is 0 Å². The van der Waals surface area contributed by atoms with Crippen LogP contribution in [0.4, 0.5) is 0 Å². The summed E-state index contributed by atoms with van der Waals surface area (Å²) in [4.78, 5) is 2.14. The Morgan fingerprint density at radius 1 is 1.22 bits per heavy atom. The molecule has 0 amide bonds. The summed E-state index contributed by atoms with van der Waals surface area (Å²) in [7, 11) is 3.97. The summed E-state index contributed by atoms with van der Waals surface area (Å²) >= 11 is 0. The summed E-state index contributed by atoms with van der Waals surface area (Å²) in [5, 5.41) is 11.2. The highest BCUT2D eigenvalue weighted by molar-refractivity contribution is 5.51. The Balaban J connectivity index is 1.98. The Labute approximate surface area is 107 Å². The molecule has 5 heteroatoms. The van der Waals surface area contributed by atoms with Crippen LogP contribution in [0.25, 0.3) is 11.5 Å². The van der Waals surface area contributed by atoms with E-state index < -0.39 is 0 Å². The smallest absolute Gasteiger partial charge is 0.247 e. The lowest BCUT2D eigenvalue weighted by Gasteiger charge is -2.12. The molecule has 0 bridgehead atoms. The molecule has 2 aromatic rings. The van der Waals surface area contributed by atoms with Gasteiger partial charge in [0.1, 0.15) is 0 Å². The van der Waals surface area contributed by atoms with Crippen molar-refractivity contribution in [2.75, 3.05) is 27.2 Å². The van der Waals surface area contributed by atoms with Gasteiger partial charge in [0.2, 0.25) is 11.8 Å². The average Bonchev–Trinajstić information content (AvgIpc) is 2.86. The van der Waals surface area contributed by atoms with Crippen molar-refractivity contribution >= 4 is 0 Å². The molecule has 18 heavy (non-hydrogen) atoms. The number of likely N-dealkylation sites (N-methyl/N-ethyl adjacent to an activating group) is 2. The van der Waals surface area contributed by atoms with Gasteiger partial charge in [-0.3, -0.25) is 4.90 Å². The van der Waals surface area contributed by atoms with Gasteiger partial charge in [-0.25, -0.2) is 0 Å².